The predicted octanol–water partition coefficient (Wildman–Crippen LogP) is 1.58. The molecule has 0 aromatic carbocycles. The number of halogens is 1. The van der Waals surface area contributed by atoms with Crippen LogP contribution in [-0.2, 0) is 14.4 Å². The standard InChI is InChI=1S/C16H15ClN8O5S5/c17-9-5(21-14(19)34-9)6(24-30)10(26)20-7-11(27)25-8(13(28)29)4(3-32-12(7)25)33-16-23-22-15(35-16)31-2-1-18/h6-7,12H,1-3,18H2,(H2,19,21)(H,20,26)(H,28,29). The third-order valence-electron chi connectivity index (χ3n) is 4.61. The van der Waals surface area contributed by atoms with Crippen molar-refractivity contribution in [1.82, 2.24) is 25.4 Å². The number of nitrogen functional groups attached to an aromatic ring is 1. The minimum Gasteiger partial charge on any atom is -0.477 e. The fourth-order valence-corrected chi connectivity index (χ4v) is 8.64. The van der Waals surface area contributed by atoms with Crippen molar-refractivity contribution in [2.24, 2.45) is 10.9 Å². The average molecular weight is 595 g/mol. The number of fused-ring (bicyclic) bond motifs is 1. The number of carboxylic acid groups (broad SMARTS) is 1. The Hall–Kier alpha value is -1.96. The number of amides is 2. The van der Waals surface area contributed by atoms with Crippen molar-refractivity contribution in [1.29, 1.82) is 0 Å². The van der Waals surface area contributed by atoms with Crippen molar-refractivity contribution in [2.45, 2.75) is 26.1 Å². The van der Waals surface area contributed by atoms with Gasteiger partial charge < -0.3 is 21.9 Å². The molecule has 19 heteroatoms. The molecule has 3 unspecified atom stereocenters. The molecule has 2 aliphatic rings. The first-order valence-corrected chi connectivity index (χ1v) is 14.4. The maximum atomic E-state index is 12.9. The predicted molar refractivity (Wildman–Crippen MR) is 135 cm³/mol. The molecule has 4 rings (SSSR count). The molecule has 186 valence electrons. The normalized spacial score (nSPS) is 20.3. The number of rotatable bonds is 10. The van der Waals surface area contributed by atoms with Gasteiger partial charge in [0.15, 0.2) is 13.8 Å². The number of carbonyl (C=O) groups is 3. The summed E-state index contributed by atoms with van der Waals surface area (Å²) in [6, 6.07) is -2.65. The molecule has 35 heavy (non-hydrogen) atoms. The Balaban J connectivity index is 1.49. The topological polar surface area (TPSA) is 207 Å². The second-order valence-corrected chi connectivity index (χ2v) is 13.2. The number of nitrogens with zero attached hydrogens (tertiary/aromatic N) is 5. The van der Waals surface area contributed by atoms with Crippen LogP contribution in [0.1, 0.15) is 11.7 Å². The van der Waals surface area contributed by atoms with Crippen LogP contribution < -0.4 is 16.8 Å². The van der Waals surface area contributed by atoms with Crippen LogP contribution in [0.4, 0.5) is 5.13 Å². The van der Waals surface area contributed by atoms with Crippen LogP contribution in [-0.4, -0.2) is 72.4 Å². The fraction of sp³-hybridized carbons (Fsp3) is 0.375. The van der Waals surface area contributed by atoms with Crippen LogP contribution in [0.2, 0.25) is 4.34 Å². The monoisotopic (exact) mass is 594 g/mol. The number of hydrogen-bond acceptors (Lipinski definition) is 15. The Morgan fingerprint density at radius 1 is 1.34 bits per heavy atom. The lowest BCUT2D eigenvalue weighted by Crippen LogP contribution is -2.70. The summed E-state index contributed by atoms with van der Waals surface area (Å²) < 4.78 is 1.28. The van der Waals surface area contributed by atoms with Crippen molar-refractivity contribution >= 4 is 92.5 Å². The highest BCUT2D eigenvalue weighted by Gasteiger charge is 2.55. The van der Waals surface area contributed by atoms with E-state index in [4.69, 9.17) is 23.1 Å². The van der Waals surface area contributed by atoms with Gasteiger partial charge in [-0.3, -0.25) is 14.5 Å². The molecule has 0 radical (unpaired) electrons. The van der Waals surface area contributed by atoms with E-state index in [2.05, 4.69) is 25.7 Å². The lowest BCUT2D eigenvalue weighted by Gasteiger charge is -2.49. The molecule has 1 fully saturated rings. The summed E-state index contributed by atoms with van der Waals surface area (Å²) in [5.74, 6) is -1.85. The minimum absolute atomic E-state index is 0.0369. The van der Waals surface area contributed by atoms with Crippen LogP contribution in [0.25, 0.3) is 0 Å². The van der Waals surface area contributed by atoms with E-state index in [0.29, 0.717) is 25.9 Å². The molecule has 2 amide bonds. The minimum atomic E-state index is -1.60. The molecule has 2 aromatic rings. The lowest BCUT2D eigenvalue weighted by atomic mass is 10.0. The van der Waals surface area contributed by atoms with E-state index < -0.39 is 35.2 Å². The maximum absolute atomic E-state index is 12.9. The number of β-lactam (4-membered cyclic amide) rings is 1. The molecule has 2 aliphatic heterocycles. The van der Waals surface area contributed by atoms with Gasteiger partial charge in [0.1, 0.15) is 27.1 Å². The summed E-state index contributed by atoms with van der Waals surface area (Å²) in [5, 5.41) is 22.6. The van der Waals surface area contributed by atoms with Gasteiger partial charge in [0.05, 0.1) is 0 Å². The highest BCUT2D eigenvalue weighted by molar-refractivity contribution is 8.07. The Bertz CT molecular complexity index is 1220. The summed E-state index contributed by atoms with van der Waals surface area (Å²) in [4.78, 5) is 54.3. The number of aliphatic carboxylic acids is 1. The van der Waals surface area contributed by atoms with Crippen molar-refractivity contribution in [3.05, 3.63) is 25.5 Å². The number of nitrogens with one attached hydrogen (secondary N) is 1. The van der Waals surface area contributed by atoms with Crippen LogP contribution in [0.3, 0.4) is 0 Å². The van der Waals surface area contributed by atoms with Gasteiger partial charge in [-0.15, -0.1) is 26.9 Å². The molecule has 6 N–H and O–H groups in total. The fourth-order valence-electron chi connectivity index (χ4n) is 3.17. The number of thiazole rings is 1. The quantitative estimate of drug-likeness (QED) is 0.175. The van der Waals surface area contributed by atoms with Crippen LogP contribution in [0, 0.1) is 4.91 Å². The van der Waals surface area contributed by atoms with Gasteiger partial charge in [0.2, 0.25) is 6.04 Å². The van der Waals surface area contributed by atoms with Gasteiger partial charge in [-0.05, 0) is 5.18 Å². The molecule has 4 heterocycles. The molecule has 0 aliphatic carbocycles. The van der Waals surface area contributed by atoms with Crippen LogP contribution in [0.15, 0.2) is 24.5 Å². The van der Waals surface area contributed by atoms with E-state index >= 15 is 0 Å². The average Bonchev–Trinajstić information content (AvgIpc) is 3.41. The largest absolute Gasteiger partial charge is 0.477 e. The number of nitrogens with two attached hydrogens (primary N) is 2. The summed E-state index contributed by atoms with van der Waals surface area (Å²) in [6.07, 6.45) is 0. The molecule has 13 nitrogen and oxygen atoms in total. The zero-order valence-electron chi connectivity index (χ0n) is 17.2. The van der Waals surface area contributed by atoms with Crippen molar-refractivity contribution in [3.63, 3.8) is 0 Å². The van der Waals surface area contributed by atoms with Gasteiger partial charge >= 0.3 is 5.97 Å². The first kappa shape index (κ1) is 26.1. The van der Waals surface area contributed by atoms with E-state index in [1.54, 1.807) is 0 Å². The van der Waals surface area contributed by atoms with Gasteiger partial charge in [-0.2, -0.15) is 0 Å². The highest BCUT2D eigenvalue weighted by Crippen LogP contribution is 2.46. The number of hydrogen-bond donors (Lipinski definition) is 4. The third-order valence-corrected chi connectivity index (χ3v) is 10.4. The molecule has 0 spiro atoms. The Morgan fingerprint density at radius 2 is 2.09 bits per heavy atom. The Labute approximate surface area is 222 Å². The summed E-state index contributed by atoms with van der Waals surface area (Å²) in [7, 11) is 0. The molecular weight excluding hydrogens is 580 g/mol. The Kier molecular flexibility index (Phi) is 8.19. The molecule has 0 saturated carbocycles. The second kappa shape index (κ2) is 11.0. The first-order valence-electron chi connectivity index (χ1n) is 9.55. The van der Waals surface area contributed by atoms with Crippen LogP contribution in [0.5, 0.6) is 0 Å². The zero-order chi connectivity index (χ0) is 25.3. The number of nitroso groups, excluding NO2 is 1. The van der Waals surface area contributed by atoms with Crippen LogP contribution >= 0.6 is 69.6 Å². The van der Waals surface area contributed by atoms with Gasteiger partial charge in [0, 0.05) is 23.0 Å². The van der Waals surface area contributed by atoms with Gasteiger partial charge in [-0.25, -0.2) is 9.78 Å². The summed E-state index contributed by atoms with van der Waals surface area (Å²) >= 11 is 12.0. The first-order chi connectivity index (χ1) is 16.7. The van der Waals surface area contributed by atoms with E-state index in [0.717, 1.165) is 28.0 Å². The molecular formula is C16H15ClN8O5S5. The van der Waals surface area contributed by atoms with Crippen molar-refractivity contribution < 1.29 is 19.5 Å². The van der Waals surface area contributed by atoms with Crippen molar-refractivity contribution in [3.8, 4) is 0 Å². The van der Waals surface area contributed by atoms with E-state index in [1.165, 1.54) is 34.9 Å². The summed E-state index contributed by atoms with van der Waals surface area (Å²) in [6.45, 7) is 0.488. The third kappa shape index (κ3) is 5.27. The zero-order valence-corrected chi connectivity index (χ0v) is 22.1. The number of anilines is 1. The molecule has 1 saturated heterocycles. The number of aromatic nitrogens is 3. The number of carbonyl (C=O) groups excluding carboxylic acids is 2. The number of thioether (sulfide) groups is 3. The smallest absolute Gasteiger partial charge is 0.353 e. The highest BCUT2D eigenvalue weighted by atomic mass is 35.5. The van der Waals surface area contributed by atoms with Crippen molar-refractivity contribution in [2.75, 3.05) is 23.8 Å². The molecule has 3 atom stereocenters. The SMILES string of the molecule is NCCSc1nnc(SC2=C(C(=O)O)N3C(=O)C(NC(=O)C(N=O)c4nc(N)sc4Cl)C3SC2)s1. The van der Waals surface area contributed by atoms with Gasteiger partial charge in [-0.1, -0.05) is 57.8 Å². The number of carboxylic acids is 1. The van der Waals surface area contributed by atoms with E-state index in [-0.39, 0.29) is 26.6 Å². The van der Waals surface area contributed by atoms with E-state index in [1.807, 2.05) is 0 Å². The van der Waals surface area contributed by atoms with Gasteiger partial charge in [0.25, 0.3) is 11.8 Å². The Morgan fingerprint density at radius 3 is 2.71 bits per heavy atom. The summed E-state index contributed by atoms with van der Waals surface area (Å²) in [5.41, 5.74) is 10.8. The molecule has 2 aromatic heterocycles. The second-order valence-electron chi connectivity index (χ2n) is 6.77. The van der Waals surface area contributed by atoms with E-state index in [9.17, 15) is 24.4 Å². The lowest BCUT2D eigenvalue weighted by molar-refractivity contribution is -0.150. The molecule has 0 bridgehead atoms. The maximum Gasteiger partial charge on any atom is 0.353 e.